The van der Waals surface area contributed by atoms with Gasteiger partial charge in [-0.15, -0.1) is 4.91 Å². The van der Waals surface area contributed by atoms with Gasteiger partial charge in [0.2, 0.25) is 5.88 Å². The Morgan fingerprint density at radius 3 is 2.50 bits per heavy atom. The number of carbonyl (C=O) groups is 1. The number of non-ortho nitro benzene ring substituents is 1. The number of aromatic nitrogens is 1. The number of hydrogen-bond acceptors (Lipinski definition) is 7. The summed E-state index contributed by atoms with van der Waals surface area (Å²) >= 11 is 0. The Kier molecular flexibility index (Phi) is 4.33. The highest BCUT2D eigenvalue weighted by molar-refractivity contribution is 5.96. The van der Waals surface area contributed by atoms with Gasteiger partial charge in [-0.1, -0.05) is 12.1 Å². The highest BCUT2D eigenvalue weighted by Gasteiger charge is 2.20. The van der Waals surface area contributed by atoms with Crippen molar-refractivity contribution in [3.05, 3.63) is 68.6 Å². The van der Waals surface area contributed by atoms with Gasteiger partial charge in [-0.2, -0.15) is 0 Å². The molecule has 0 aliphatic heterocycles. The third-order valence-electron chi connectivity index (χ3n) is 3.95. The summed E-state index contributed by atoms with van der Waals surface area (Å²) in [6, 6.07) is 10.0. The van der Waals surface area contributed by atoms with Gasteiger partial charge in [-0.3, -0.25) is 20.1 Å². The van der Waals surface area contributed by atoms with Crippen LogP contribution in [0.3, 0.4) is 0 Å². The molecule has 0 saturated carbocycles. The maximum Gasteiger partial charge on any atom is 0.274 e. The highest BCUT2D eigenvalue weighted by Crippen LogP contribution is 2.40. The van der Waals surface area contributed by atoms with Crippen molar-refractivity contribution in [1.29, 1.82) is 0 Å². The third-order valence-corrected chi connectivity index (χ3v) is 3.95. The lowest BCUT2D eigenvalue weighted by Crippen LogP contribution is -2.18. The molecule has 1 heterocycles. The average molecular weight is 356 g/mol. The fourth-order valence-corrected chi connectivity index (χ4v) is 2.68. The van der Waals surface area contributed by atoms with E-state index in [9.17, 15) is 24.9 Å². The molecule has 0 aliphatic rings. The number of fused-ring (bicyclic) bond motifs is 1. The molecule has 1 amide bonds. The van der Waals surface area contributed by atoms with Gasteiger partial charge in [0.05, 0.1) is 17.0 Å². The fraction of sp³-hybridized carbons (Fsp3) is 0.0625. The van der Waals surface area contributed by atoms with Crippen LogP contribution in [0.15, 0.2) is 47.6 Å². The van der Waals surface area contributed by atoms with Crippen LogP contribution in [0.2, 0.25) is 0 Å². The second-order valence-electron chi connectivity index (χ2n) is 5.45. The van der Waals surface area contributed by atoms with Crippen LogP contribution in [0.25, 0.3) is 10.9 Å². The predicted molar refractivity (Wildman–Crippen MR) is 90.5 cm³/mol. The number of rotatable bonds is 5. The van der Waals surface area contributed by atoms with E-state index in [0.717, 1.165) is 0 Å². The molecule has 2 aromatic carbocycles. The van der Waals surface area contributed by atoms with Crippen molar-refractivity contribution in [3.63, 3.8) is 0 Å². The number of nitro groups is 1. The van der Waals surface area contributed by atoms with Crippen LogP contribution >= 0.6 is 0 Å². The number of aromatic hydroxyl groups is 1. The molecule has 3 aromatic rings. The van der Waals surface area contributed by atoms with Gasteiger partial charge in [0.15, 0.2) is 5.69 Å². The lowest BCUT2D eigenvalue weighted by atomic mass is 10.1. The van der Waals surface area contributed by atoms with Crippen molar-refractivity contribution < 1.29 is 20.0 Å². The molecule has 10 nitrogen and oxygen atoms in total. The first kappa shape index (κ1) is 17.0. The summed E-state index contributed by atoms with van der Waals surface area (Å²) in [7, 11) is 0. The normalized spacial score (nSPS) is 10.7. The van der Waals surface area contributed by atoms with Gasteiger partial charge in [-0.25, -0.2) is 5.48 Å². The van der Waals surface area contributed by atoms with Crippen molar-refractivity contribution in [2.24, 2.45) is 5.18 Å². The van der Waals surface area contributed by atoms with E-state index in [4.69, 9.17) is 5.21 Å². The Morgan fingerprint density at radius 2 is 1.92 bits per heavy atom. The number of carbonyl (C=O) groups excluding carboxylic acids is 1. The van der Waals surface area contributed by atoms with Crippen LogP contribution in [0, 0.1) is 15.0 Å². The van der Waals surface area contributed by atoms with Crippen molar-refractivity contribution in [2.75, 3.05) is 0 Å². The number of nitrogens with zero attached hydrogens (tertiary/aromatic N) is 3. The Hall–Kier alpha value is -3.79. The molecular formula is C16H12N4O6. The molecule has 0 atom stereocenters. The van der Waals surface area contributed by atoms with E-state index >= 15 is 0 Å². The zero-order valence-corrected chi connectivity index (χ0v) is 13.1. The van der Waals surface area contributed by atoms with E-state index in [1.165, 1.54) is 40.4 Å². The smallest absolute Gasteiger partial charge is 0.274 e. The lowest BCUT2D eigenvalue weighted by molar-refractivity contribution is -0.384. The maximum absolute atomic E-state index is 11.3. The second-order valence-corrected chi connectivity index (χ2v) is 5.45. The van der Waals surface area contributed by atoms with Crippen LogP contribution in [0.4, 0.5) is 11.4 Å². The molecular weight excluding hydrogens is 344 g/mol. The van der Waals surface area contributed by atoms with E-state index in [0.29, 0.717) is 11.1 Å². The maximum atomic E-state index is 11.3. The summed E-state index contributed by atoms with van der Waals surface area (Å²) in [6.45, 7) is 0.136. The molecule has 3 N–H and O–H groups in total. The van der Waals surface area contributed by atoms with Gasteiger partial charge in [0.1, 0.15) is 0 Å². The van der Waals surface area contributed by atoms with Crippen molar-refractivity contribution in [2.45, 2.75) is 6.54 Å². The van der Waals surface area contributed by atoms with Crippen molar-refractivity contribution in [3.8, 4) is 5.88 Å². The molecule has 0 fully saturated rings. The van der Waals surface area contributed by atoms with Crippen LogP contribution in [-0.4, -0.2) is 25.7 Å². The molecule has 0 saturated heterocycles. The minimum absolute atomic E-state index is 0.136. The SMILES string of the molecule is O=Nc1c(O)n(Cc2ccc(C(=O)NO)cc2)c2ccc([N+](=O)[O-])cc12. The molecule has 1 aromatic heterocycles. The van der Waals surface area contributed by atoms with Gasteiger partial charge < -0.3 is 9.67 Å². The molecule has 26 heavy (non-hydrogen) atoms. The average Bonchev–Trinajstić information content (AvgIpc) is 2.92. The Morgan fingerprint density at radius 1 is 1.23 bits per heavy atom. The van der Waals surface area contributed by atoms with Crippen LogP contribution < -0.4 is 5.48 Å². The van der Waals surface area contributed by atoms with E-state index in [1.807, 2.05) is 0 Å². The van der Waals surface area contributed by atoms with E-state index in [1.54, 1.807) is 12.1 Å². The molecule has 10 heteroatoms. The number of nitroso groups, excluding NO2 is 1. The van der Waals surface area contributed by atoms with Gasteiger partial charge in [-0.05, 0) is 28.9 Å². The van der Waals surface area contributed by atoms with Gasteiger partial charge >= 0.3 is 0 Å². The number of hydrogen-bond donors (Lipinski definition) is 3. The minimum atomic E-state index is -0.662. The number of amides is 1. The van der Waals surface area contributed by atoms with Crippen LogP contribution in [-0.2, 0) is 6.54 Å². The summed E-state index contributed by atoms with van der Waals surface area (Å²) in [5.74, 6) is -1.07. The lowest BCUT2D eigenvalue weighted by Gasteiger charge is -2.08. The minimum Gasteiger partial charge on any atom is -0.493 e. The predicted octanol–water partition coefficient (Wildman–Crippen LogP) is 2.82. The zero-order valence-electron chi connectivity index (χ0n) is 13.1. The molecule has 0 unspecified atom stereocenters. The van der Waals surface area contributed by atoms with Gasteiger partial charge in [0.25, 0.3) is 11.6 Å². The number of nitro benzene ring substituents is 1. The number of nitrogens with one attached hydrogen (secondary N) is 1. The Bertz CT molecular complexity index is 1030. The zero-order chi connectivity index (χ0) is 18.8. The molecule has 0 spiro atoms. The molecule has 0 radical (unpaired) electrons. The summed E-state index contributed by atoms with van der Waals surface area (Å²) in [6.07, 6.45) is 0. The Balaban J connectivity index is 2.05. The monoisotopic (exact) mass is 356 g/mol. The topological polar surface area (TPSA) is 147 Å². The summed E-state index contributed by atoms with van der Waals surface area (Å²) in [5.41, 5.74) is 2.35. The van der Waals surface area contributed by atoms with Crippen LogP contribution in [0.1, 0.15) is 15.9 Å². The third kappa shape index (κ3) is 2.84. The summed E-state index contributed by atoms with van der Waals surface area (Å²) in [4.78, 5) is 32.7. The van der Waals surface area contributed by atoms with Gasteiger partial charge in [0, 0.05) is 23.1 Å². The molecule has 3 rings (SSSR count). The fourth-order valence-electron chi connectivity index (χ4n) is 2.68. The number of benzene rings is 2. The first-order valence-corrected chi connectivity index (χ1v) is 7.32. The van der Waals surface area contributed by atoms with Crippen molar-refractivity contribution in [1.82, 2.24) is 10.0 Å². The quantitative estimate of drug-likeness (QED) is 0.277. The number of hydroxylamine groups is 1. The van der Waals surface area contributed by atoms with Crippen molar-refractivity contribution >= 4 is 28.2 Å². The Labute approximate surface area is 145 Å². The van der Waals surface area contributed by atoms with E-state index in [-0.39, 0.29) is 28.9 Å². The summed E-state index contributed by atoms with van der Waals surface area (Å²) < 4.78 is 1.39. The highest BCUT2D eigenvalue weighted by atomic mass is 16.6. The standard InChI is InChI=1S/C16H12N4O6/c21-15(18-24)10-3-1-9(2-4-10)8-19-13-6-5-11(20(25)26)7-12(13)14(17-23)16(19)22/h1-7,22,24H,8H2,(H,18,21). The first-order valence-electron chi connectivity index (χ1n) is 7.32. The second kappa shape index (κ2) is 6.61. The van der Waals surface area contributed by atoms with E-state index < -0.39 is 16.7 Å². The van der Waals surface area contributed by atoms with E-state index in [2.05, 4.69) is 5.18 Å². The molecule has 0 aliphatic carbocycles. The summed E-state index contributed by atoms with van der Waals surface area (Å²) in [5, 5.41) is 32.8. The molecule has 132 valence electrons. The largest absolute Gasteiger partial charge is 0.493 e. The first-order chi connectivity index (χ1) is 12.5. The molecule has 0 bridgehead atoms. The van der Waals surface area contributed by atoms with Crippen LogP contribution in [0.5, 0.6) is 5.88 Å².